The van der Waals surface area contributed by atoms with Gasteiger partial charge in [-0.15, -0.1) is 5.10 Å². The molecule has 0 aliphatic rings. The van der Waals surface area contributed by atoms with Gasteiger partial charge in [0.1, 0.15) is 5.69 Å². The fraction of sp³-hybridized carbons (Fsp3) is 0.500. The van der Waals surface area contributed by atoms with E-state index in [4.69, 9.17) is 0 Å². The third-order valence-corrected chi connectivity index (χ3v) is 3.17. The summed E-state index contributed by atoms with van der Waals surface area (Å²) in [5.74, 6) is -1.16. The highest BCUT2D eigenvalue weighted by molar-refractivity contribution is 5.92. The van der Waals surface area contributed by atoms with Gasteiger partial charge in [0.2, 0.25) is 0 Å². The average Bonchev–Trinajstić information content (AvgIpc) is 2.95. The molecule has 0 saturated heterocycles. The Kier molecular flexibility index (Phi) is 3.58. The highest BCUT2D eigenvalue weighted by atomic mass is 16.4. The minimum Gasteiger partial charge on any atom is -0.476 e. The van der Waals surface area contributed by atoms with Gasteiger partial charge in [-0.2, -0.15) is 5.10 Å². The smallest absolute Gasteiger partial charge is 0.358 e. The molecule has 108 valence electrons. The molecule has 2 rings (SSSR count). The summed E-state index contributed by atoms with van der Waals surface area (Å²) in [5, 5.41) is 30.9. The third-order valence-electron chi connectivity index (χ3n) is 3.17. The lowest BCUT2D eigenvalue weighted by Crippen LogP contribution is -2.30. The standard InChI is InChI=1S/C12H17N5O3/c1-4-12(2,20)7-17-10(8-5-13-16(3)6-8)9(11(18)19)14-15-17/h5-6,20H,4,7H2,1-3H3,(H,18,19). The summed E-state index contributed by atoms with van der Waals surface area (Å²) in [6.45, 7) is 3.68. The van der Waals surface area contributed by atoms with Gasteiger partial charge in [0.05, 0.1) is 18.3 Å². The monoisotopic (exact) mass is 279 g/mol. The summed E-state index contributed by atoms with van der Waals surface area (Å²) in [7, 11) is 1.74. The zero-order chi connectivity index (χ0) is 14.9. The minimum absolute atomic E-state index is 0.148. The van der Waals surface area contributed by atoms with Gasteiger partial charge in [0, 0.05) is 18.8 Å². The van der Waals surface area contributed by atoms with E-state index < -0.39 is 11.6 Å². The van der Waals surface area contributed by atoms with Crippen LogP contribution in [0, 0.1) is 0 Å². The van der Waals surface area contributed by atoms with Crippen LogP contribution in [0.5, 0.6) is 0 Å². The van der Waals surface area contributed by atoms with Crippen molar-refractivity contribution in [1.29, 1.82) is 0 Å². The second-order valence-corrected chi connectivity index (χ2v) is 5.00. The van der Waals surface area contributed by atoms with E-state index in [9.17, 15) is 15.0 Å². The van der Waals surface area contributed by atoms with Gasteiger partial charge in [-0.05, 0) is 13.3 Å². The summed E-state index contributed by atoms with van der Waals surface area (Å²) in [6, 6.07) is 0. The van der Waals surface area contributed by atoms with Crippen molar-refractivity contribution < 1.29 is 15.0 Å². The van der Waals surface area contributed by atoms with E-state index in [1.165, 1.54) is 4.68 Å². The zero-order valence-electron chi connectivity index (χ0n) is 11.6. The van der Waals surface area contributed by atoms with Crippen molar-refractivity contribution in [2.24, 2.45) is 7.05 Å². The molecule has 20 heavy (non-hydrogen) atoms. The van der Waals surface area contributed by atoms with Gasteiger partial charge in [0.25, 0.3) is 0 Å². The van der Waals surface area contributed by atoms with Crippen LogP contribution < -0.4 is 0 Å². The van der Waals surface area contributed by atoms with Crippen LogP contribution in [0.1, 0.15) is 30.8 Å². The lowest BCUT2D eigenvalue weighted by molar-refractivity contribution is 0.0344. The zero-order valence-corrected chi connectivity index (χ0v) is 11.6. The Labute approximate surface area is 115 Å². The van der Waals surface area contributed by atoms with Crippen LogP contribution in [0.4, 0.5) is 0 Å². The van der Waals surface area contributed by atoms with Crippen molar-refractivity contribution in [2.75, 3.05) is 0 Å². The number of nitrogens with zero attached hydrogens (tertiary/aromatic N) is 5. The number of hydrogen-bond donors (Lipinski definition) is 2. The Hall–Kier alpha value is -2.22. The predicted molar refractivity (Wildman–Crippen MR) is 70.1 cm³/mol. The topological polar surface area (TPSA) is 106 Å². The lowest BCUT2D eigenvalue weighted by Gasteiger charge is -2.21. The molecule has 0 amide bonds. The highest BCUT2D eigenvalue weighted by Crippen LogP contribution is 2.24. The molecule has 0 saturated carbocycles. The van der Waals surface area contributed by atoms with Crippen LogP contribution in [0.3, 0.4) is 0 Å². The summed E-state index contributed by atoms with van der Waals surface area (Å²) >= 11 is 0. The Bertz CT molecular complexity index is 629. The molecule has 0 aromatic carbocycles. The van der Waals surface area contributed by atoms with Crippen LogP contribution in [0.25, 0.3) is 11.3 Å². The molecule has 2 aromatic rings. The number of aryl methyl sites for hydroxylation is 1. The third kappa shape index (κ3) is 2.69. The van der Waals surface area contributed by atoms with Gasteiger partial charge in [-0.25, -0.2) is 9.48 Å². The van der Waals surface area contributed by atoms with E-state index in [0.29, 0.717) is 17.7 Å². The predicted octanol–water partition coefficient (Wildman–Crippen LogP) is 0.538. The van der Waals surface area contributed by atoms with Gasteiger partial charge < -0.3 is 10.2 Å². The molecule has 8 heteroatoms. The van der Waals surface area contributed by atoms with E-state index in [2.05, 4.69) is 15.4 Å². The van der Waals surface area contributed by atoms with Crippen molar-refractivity contribution in [3.8, 4) is 11.3 Å². The van der Waals surface area contributed by atoms with Crippen molar-refractivity contribution >= 4 is 5.97 Å². The maximum Gasteiger partial charge on any atom is 0.358 e. The van der Waals surface area contributed by atoms with Crippen LogP contribution >= 0.6 is 0 Å². The maximum absolute atomic E-state index is 11.2. The number of aliphatic hydroxyl groups is 1. The molecule has 1 unspecified atom stereocenters. The van der Waals surface area contributed by atoms with E-state index in [0.717, 1.165) is 0 Å². The molecule has 0 fully saturated rings. The number of carboxylic acid groups (broad SMARTS) is 1. The largest absolute Gasteiger partial charge is 0.476 e. The second-order valence-electron chi connectivity index (χ2n) is 5.00. The van der Waals surface area contributed by atoms with Gasteiger partial charge >= 0.3 is 5.97 Å². The van der Waals surface area contributed by atoms with Gasteiger partial charge in [-0.1, -0.05) is 12.1 Å². The number of aromatic carboxylic acids is 1. The molecule has 0 aliphatic heterocycles. The normalized spacial score (nSPS) is 14.2. The molecule has 0 radical (unpaired) electrons. The summed E-state index contributed by atoms with van der Waals surface area (Å²) < 4.78 is 2.97. The van der Waals surface area contributed by atoms with E-state index >= 15 is 0 Å². The Morgan fingerprint density at radius 2 is 2.20 bits per heavy atom. The summed E-state index contributed by atoms with van der Waals surface area (Å²) in [6.07, 6.45) is 3.74. The Morgan fingerprint density at radius 1 is 1.50 bits per heavy atom. The van der Waals surface area contributed by atoms with Crippen molar-refractivity contribution in [3.63, 3.8) is 0 Å². The number of rotatable bonds is 5. The molecule has 2 heterocycles. The van der Waals surface area contributed by atoms with Gasteiger partial charge in [-0.3, -0.25) is 4.68 Å². The first-order valence-electron chi connectivity index (χ1n) is 6.22. The molecule has 2 N–H and O–H groups in total. The van der Waals surface area contributed by atoms with Crippen LogP contribution in [-0.4, -0.2) is 46.6 Å². The van der Waals surface area contributed by atoms with E-state index in [-0.39, 0.29) is 12.2 Å². The van der Waals surface area contributed by atoms with Crippen molar-refractivity contribution in [2.45, 2.75) is 32.4 Å². The van der Waals surface area contributed by atoms with Crippen LogP contribution in [0.15, 0.2) is 12.4 Å². The van der Waals surface area contributed by atoms with E-state index in [1.54, 1.807) is 31.0 Å². The molecule has 0 aliphatic carbocycles. The number of hydrogen-bond acceptors (Lipinski definition) is 5. The molecule has 0 spiro atoms. The SMILES string of the molecule is CCC(C)(O)Cn1nnc(C(=O)O)c1-c1cnn(C)c1. The molecular weight excluding hydrogens is 262 g/mol. The number of aromatic nitrogens is 5. The fourth-order valence-electron chi connectivity index (χ4n) is 1.83. The summed E-state index contributed by atoms with van der Waals surface area (Å²) in [4.78, 5) is 11.2. The first-order valence-corrected chi connectivity index (χ1v) is 6.22. The van der Waals surface area contributed by atoms with Crippen molar-refractivity contribution in [3.05, 3.63) is 18.1 Å². The van der Waals surface area contributed by atoms with Crippen molar-refractivity contribution in [1.82, 2.24) is 24.8 Å². The highest BCUT2D eigenvalue weighted by Gasteiger charge is 2.26. The van der Waals surface area contributed by atoms with Gasteiger partial charge in [0.15, 0.2) is 5.69 Å². The maximum atomic E-state index is 11.2. The van der Waals surface area contributed by atoms with Crippen LogP contribution in [0.2, 0.25) is 0 Å². The quantitative estimate of drug-likeness (QED) is 0.827. The molecule has 1 atom stereocenters. The van der Waals surface area contributed by atoms with Crippen LogP contribution in [-0.2, 0) is 13.6 Å². The fourth-order valence-corrected chi connectivity index (χ4v) is 1.83. The summed E-state index contributed by atoms with van der Waals surface area (Å²) in [5.41, 5.74) is -0.188. The first kappa shape index (κ1) is 14.2. The molecule has 2 aromatic heterocycles. The van der Waals surface area contributed by atoms with E-state index in [1.807, 2.05) is 6.92 Å². The Morgan fingerprint density at radius 3 is 2.70 bits per heavy atom. The minimum atomic E-state index is -1.16. The second kappa shape index (κ2) is 5.04. The lowest BCUT2D eigenvalue weighted by atomic mass is 10.0. The molecule has 8 nitrogen and oxygen atoms in total. The Balaban J connectivity index is 2.51. The number of carboxylic acids is 1. The molecule has 0 bridgehead atoms. The average molecular weight is 279 g/mol. The first-order chi connectivity index (χ1) is 9.34. The molecular formula is C12H17N5O3. The number of carbonyl (C=O) groups is 1.